The summed E-state index contributed by atoms with van der Waals surface area (Å²) < 4.78 is 44.1. The number of benzene rings is 1. The highest BCUT2D eigenvalue weighted by molar-refractivity contribution is 5.31. The SMILES string of the molecule is CCCCc1ccc(Oc2nc(F)c(F)cc2F)cc1. The maximum atomic E-state index is 13.4. The highest BCUT2D eigenvalue weighted by atomic mass is 19.2. The van der Waals surface area contributed by atoms with E-state index in [-0.39, 0.29) is 0 Å². The monoisotopic (exact) mass is 281 g/mol. The molecule has 0 aliphatic rings. The molecule has 0 aliphatic heterocycles. The summed E-state index contributed by atoms with van der Waals surface area (Å²) in [4.78, 5) is 3.10. The predicted octanol–water partition coefficient (Wildman–Crippen LogP) is 4.63. The molecule has 0 unspecified atom stereocenters. The van der Waals surface area contributed by atoms with Gasteiger partial charge in [-0.05, 0) is 30.5 Å². The van der Waals surface area contributed by atoms with Crippen LogP contribution < -0.4 is 4.74 Å². The molecule has 1 heterocycles. The van der Waals surface area contributed by atoms with E-state index in [1.807, 2.05) is 12.1 Å². The zero-order valence-corrected chi connectivity index (χ0v) is 11.0. The van der Waals surface area contributed by atoms with Crippen molar-refractivity contribution in [3.63, 3.8) is 0 Å². The Morgan fingerprint density at radius 1 is 1.05 bits per heavy atom. The van der Waals surface area contributed by atoms with Gasteiger partial charge in [-0.1, -0.05) is 25.5 Å². The molecule has 0 fully saturated rings. The van der Waals surface area contributed by atoms with E-state index < -0.39 is 23.5 Å². The molecule has 0 saturated carbocycles. The van der Waals surface area contributed by atoms with Gasteiger partial charge in [0.2, 0.25) is 0 Å². The van der Waals surface area contributed by atoms with Crippen LogP contribution in [-0.2, 0) is 6.42 Å². The zero-order valence-electron chi connectivity index (χ0n) is 11.0. The Labute approximate surface area is 115 Å². The Hall–Kier alpha value is -2.04. The molecule has 0 bridgehead atoms. The van der Waals surface area contributed by atoms with Gasteiger partial charge in [0.1, 0.15) is 5.75 Å². The first-order valence-corrected chi connectivity index (χ1v) is 6.38. The molecule has 0 radical (unpaired) electrons. The molecule has 0 saturated heterocycles. The second-order valence-corrected chi connectivity index (χ2v) is 4.40. The van der Waals surface area contributed by atoms with Gasteiger partial charge >= 0.3 is 0 Å². The highest BCUT2D eigenvalue weighted by Gasteiger charge is 2.13. The summed E-state index contributed by atoms with van der Waals surface area (Å²) in [6, 6.07) is 7.40. The normalized spacial score (nSPS) is 10.6. The number of hydrogen-bond acceptors (Lipinski definition) is 2. The smallest absolute Gasteiger partial charge is 0.258 e. The van der Waals surface area contributed by atoms with E-state index in [4.69, 9.17) is 4.74 Å². The minimum Gasteiger partial charge on any atom is -0.436 e. The van der Waals surface area contributed by atoms with Gasteiger partial charge in [0.15, 0.2) is 11.6 Å². The van der Waals surface area contributed by atoms with Crippen LogP contribution in [0.3, 0.4) is 0 Å². The van der Waals surface area contributed by atoms with Gasteiger partial charge in [-0.25, -0.2) is 8.78 Å². The summed E-state index contributed by atoms with van der Waals surface area (Å²) >= 11 is 0. The maximum absolute atomic E-state index is 13.4. The standard InChI is InChI=1S/C15H14F3NO/c1-2-3-4-10-5-7-11(8-6-10)20-15-13(17)9-12(16)14(18)19-15/h5-9H,2-4H2,1H3. The maximum Gasteiger partial charge on any atom is 0.258 e. The summed E-state index contributed by atoms with van der Waals surface area (Å²) in [5.41, 5.74) is 1.14. The molecule has 1 aromatic heterocycles. The number of rotatable bonds is 5. The van der Waals surface area contributed by atoms with E-state index in [0.29, 0.717) is 11.8 Å². The van der Waals surface area contributed by atoms with Crippen molar-refractivity contribution in [3.8, 4) is 11.6 Å². The number of aromatic nitrogens is 1. The molecular formula is C15H14F3NO. The lowest BCUT2D eigenvalue weighted by Gasteiger charge is -2.07. The third kappa shape index (κ3) is 3.50. The summed E-state index contributed by atoms with van der Waals surface area (Å²) in [6.45, 7) is 2.11. The molecule has 2 aromatic rings. The fourth-order valence-electron chi connectivity index (χ4n) is 1.72. The van der Waals surface area contributed by atoms with Crippen molar-refractivity contribution in [3.05, 3.63) is 53.5 Å². The summed E-state index contributed by atoms with van der Waals surface area (Å²) in [5, 5.41) is 0. The minimum absolute atomic E-state index is 0.322. The molecule has 2 rings (SSSR count). The van der Waals surface area contributed by atoms with Crippen LogP contribution in [0, 0.1) is 17.6 Å². The first kappa shape index (κ1) is 14.4. The second-order valence-electron chi connectivity index (χ2n) is 4.40. The number of pyridine rings is 1. The van der Waals surface area contributed by atoms with Crippen molar-refractivity contribution in [2.24, 2.45) is 0 Å². The molecule has 5 heteroatoms. The first-order chi connectivity index (χ1) is 9.60. The van der Waals surface area contributed by atoms with E-state index >= 15 is 0 Å². The van der Waals surface area contributed by atoms with Gasteiger partial charge < -0.3 is 4.74 Å². The lowest BCUT2D eigenvalue weighted by atomic mass is 10.1. The molecule has 0 atom stereocenters. The summed E-state index contributed by atoms with van der Waals surface area (Å²) in [7, 11) is 0. The highest BCUT2D eigenvalue weighted by Crippen LogP contribution is 2.24. The van der Waals surface area contributed by atoms with Crippen LogP contribution in [0.25, 0.3) is 0 Å². The van der Waals surface area contributed by atoms with Gasteiger partial charge in [-0.3, -0.25) is 0 Å². The van der Waals surface area contributed by atoms with E-state index in [1.54, 1.807) is 12.1 Å². The van der Waals surface area contributed by atoms with Crippen LogP contribution in [0.2, 0.25) is 0 Å². The number of aryl methyl sites for hydroxylation is 1. The van der Waals surface area contributed by atoms with E-state index in [1.165, 1.54) is 0 Å². The third-order valence-electron chi connectivity index (χ3n) is 2.81. The summed E-state index contributed by atoms with van der Waals surface area (Å²) in [6.07, 6.45) is 3.14. The molecule has 0 N–H and O–H groups in total. The number of halogens is 3. The molecular weight excluding hydrogens is 267 g/mol. The van der Waals surface area contributed by atoms with Crippen molar-refractivity contribution in [2.75, 3.05) is 0 Å². The number of nitrogens with zero attached hydrogens (tertiary/aromatic N) is 1. The van der Waals surface area contributed by atoms with Crippen molar-refractivity contribution < 1.29 is 17.9 Å². The van der Waals surface area contributed by atoms with Gasteiger partial charge in [-0.2, -0.15) is 9.37 Å². The molecule has 20 heavy (non-hydrogen) atoms. The topological polar surface area (TPSA) is 22.1 Å². The Morgan fingerprint density at radius 2 is 1.75 bits per heavy atom. The summed E-state index contributed by atoms with van der Waals surface area (Å²) in [5.74, 6) is -4.03. The number of ether oxygens (including phenoxy) is 1. The van der Waals surface area contributed by atoms with Crippen LogP contribution >= 0.6 is 0 Å². The van der Waals surface area contributed by atoms with Crippen LogP contribution in [0.1, 0.15) is 25.3 Å². The fraction of sp³-hybridized carbons (Fsp3) is 0.267. The van der Waals surface area contributed by atoms with Gasteiger partial charge in [-0.15, -0.1) is 0 Å². The van der Waals surface area contributed by atoms with Crippen LogP contribution in [-0.4, -0.2) is 4.98 Å². The quantitative estimate of drug-likeness (QED) is 0.745. The van der Waals surface area contributed by atoms with Crippen molar-refractivity contribution in [1.29, 1.82) is 0 Å². The van der Waals surface area contributed by atoms with E-state index in [0.717, 1.165) is 24.8 Å². The lowest BCUT2D eigenvalue weighted by Crippen LogP contribution is -1.98. The lowest BCUT2D eigenvalue weighted by molar-refractivity contribution is 0.387. The Bertz CT molecular complexity index is 584. The first-order valence-electron chi connectivity index (χ1n) is 6.38. The average molecular weight is 281 g/mol. The van der Waals surface area contributed by atoms with Crippen molar-refractivity contribution in [1.82, 2.24) is 4.98 Å². The number of hydrogen-bond donors (Lipinski definition) is 0. The molecule has 0 aliphatic carbocycles. The minimum atomic E-state index is -1.39. The average Bonchev–Trinajstić information content (AvgIpc) is 2.44. The molecule has 106 valence electrons. The number of unbranched alkanes of at least 4 members (excludes halogenated alkanes) is 1. The second kappa shape index (κ2) is 6.41. The Morgan fingerprint density at radius 3 is 2.40 bits per heavy atom. The Balaban J connectivity index is 2.12. The molecule has 0 spiro atoms. The Kier molecular flexibility index (Phi) is 4.61. The molecule has 1 aromatic carbocycles. The van der Waals surface area contributed by atoms with Crippen LogP contribution in [0.4, 0.5) is 13.2 Å². The van der Waals surface area contributed by atoms with E-state index in [2.05, 4.69) is 11.9 Å². The van der Waals surface area contributed by atoms with Crippen molar-refractivity contribution >= 4 is 0 Å². The van der Waals surface area contributed by atoms with Crippen molar-refractivity contribution in [2.45, 2.75) is 26.2 Å². The van der Waals surface area contributed by atoms with E-state index in [9.17, 15) is 13.2 Å². The largest absolute Gasteiger partial charge is 0.436 e. The molecule has 0 amide bonds. The zero-order chi connectivity index (χ0) is 14.5. The van der Waals surface area contributed by atoms with Gasteiger partial charge in [0.05, 0.1) is 0 Å². The van der Waals surface area contributed by atoms with Crippen LogP contribution in [0.15, 0.2) is 30.3 Å². The third-order valence-corrected chi connectivity index (χ3v) is 2.81. The predicted molar refractivity (Wildman–Crippen MR) is 69.2 cm³/mol. The van der Waals surface area contributed by atoms with Crippen LogP contribution in [0.5, 0.6) is 11.6 Å². The van der Waals surface area contributed by atoms with Gasteiger partial charge in [0.25, 0.3) is 11.8 Å². The van der Waals surface area contributed by atoms with Gasteiger partial charge in [0, 0.05) is 6.07 Å². The fourth-order valence-corrected chi connectivity index (χ4v) is 1.72. The molecule has 2 nitrogen and oxygen atoms in total.